The molecule has 0 saturated heterocycles. The molecule has 1 fully saturated rings. The van der Waals surface area contributed by atoms with Gasteiger partial charge in [-0.2, -0.15) is 11.8 Å². The van der Waals surface area contributed by atoms with Crippen LogP contribution < -0.4 is 21.7 Å². The monoisotopic (exact) mass is 388 g/mol. The predicted molar refractivity (Wildman–Crippen MR) is 98.6 cm³/mol. The molecule has 0 unspecified atom stereocenters. The number of carbonyl (C=O) groups is 4. The maximum atomic E-state index is 12.1. The van der Waals surface area contributed by atoms with E-state index >= 15 is 0 Å². The van der Waals surface area contributed by atoms with Gasteiger partial charge in [0.1, 0.15) is 6.04 Å². The summed E-state index contributed by atoms with van der Waals surface area (Å²) in [5.41, 5.74) is 5.05. The number of esters is 1. The normalized spacial score (nSPS) is 16.8. The number of urea groups is 2. The molecular weight excluding hydrogens is 360 g/mol. The Morgan fingerprint density at radius 3 is 2.42 bits per heavy atom. The largest absolute Gasteiger partial charge is 0.451 e. The minimum absolute atomic E-state index is 0.0603. The number of imide groups is 1. The SMILES string of the molecule is CSCC[C@H](NC(N)=O)C(=O)O[C@H](C)C(=O)NC(=O)NC1CCCCC1. The molecule has 0 aromatic carbocycles. The highest BCUT2D eigenvalue weighted by atomic mass is 32.2. The van der Waals surface area contributed by atoms with Crippen LogP contribution in [0.1, 0.15) is 45.4 Å². The molecule has 0 aliphatic heterocycles. The van der Waals surface area contributed by atoms with Gasteiger partial charge in [-0.3, -0.25) is 10.1 Å². The van der Waals surface area contributed by atoms with Crippen LogP contribution in [-0.2, 0) is 14.3 Å². The molecule has 148 valence electrons. The minimum atomic E-state index is -1.17. The Morgan fingerprint density at radius 1 is 1.19 bits per heavy atom. The number of nitrogens with one attached hydrogen (secondary N) is 3. The third kappa shape index (κ3) is 8.41. The van der Waals surface area contributed by atoms with Crippen LogP contribution in [0.2, 0.25) is 0 Å². The van der Waals surface area contributed by atoms with Gasteiger partial charge >= 0.3 is 18.0 Å². The minimum Gasteiger partial charge on any atom is -0.451 e. The first kappa shape index (κ1) is 22.1. The van der Waals surface area contributed by atoms with Crippen LogP contribution in [0.5, 0.6) is 0 Å². The molecule has 0 aromatic rings. The summed E-state index contributed by atoms with van der Waals surface area (Å²) in [6.45, 7) is 1.36. The molecule has 2 atom stereocenters. The fourth-order valence-electron chi connectivity index (χ4n) is 2.65. The average molecular weight is 388 g/mol. The summed E-state index contributed by atoms with van der Waals surface area (Å²) in [5, 5.41) is 7.21. The van der Waals surface area contributed by atoms with Crippen molar-refractivity contribution in [2.24, 2.45) is 5.73 Å². The fraction of sp³-hybridized carbons (Fsp3) is 0.750. The van der Waals surface area contributed by atoms with Gasteiger partial charge in [0.15, 0.2) is 6.10 Å². The molecule has 5 amide bonds. The van der Waals surface area contributed by atoms with Crippen molar-refractivity contribution < 1.29 is 23.9 Å². The number of primary amides is 1. The summed E-state index contributed by atoms with van der Waals surface area (Å²) in [4.78, 5) is 47.0. The van der Waals surface area contributed by atoms with E-state index in [2.05, 4.69) is 16.0 Å². The van der Waals surface area contributed by atoms with Crippen LogP contribution >= 0.6 is 11.8 Å². The van der Waals surface area contributed by atoms with Crippen LogP contribution in [-0.4, -0.2) is 54.1 Å². The molecule has 1 saturated carbocycles. The number of amides is 5. The lowest BCUT2D eigenvalue weighted by Crippen LogP contribution is -2.50. The number of ether oxygens (including phenoxy) is 1. The van der Waals surface area contributed by atoms with E-state index in [1.807, 2.05) is 6.26 Å². The zero-order valence-electron chi connectivity index (χ0n) is 15.2. The van der Waals surface area contributed by atoms with Crippen molar-refractivity contribution in [3.63, 3.8) is 0 Å². The second-order valence-corrected chi connectivity index (χ2v) is 7.21. The molecule has 5 N–H and O–H groups in total. The average Bonchev–Trinajstić information content (AvgIpc) is 2.58. The van der Waals surface area contributed by atoms with Crippen molar-refractivity contribution in [3.05, 3.63) is 0 Å². The summed E-state index contributed by atoms with van der Waals surface area (Å²) in [7, 11) is 0. The van der Waals surface area contributed by atoms with E-state index in [9.17, 15) is 19.2 Å². The molecule has 0 heterocycles. The van der Waals surface area contributed by atoms with E-state index < -0.39 is 36.1 Å². The Labute approximate surface area is 157 Å². The fourth-order valence-corrected chi connectivity index (χ4v) is 3.12. The number of nitrogens with two attached hydrogens (primary N) is 1. The van der Waals surface area contributed by atoms with E-state index in [-0.39, 0.29) is 6.04 Å². The van der Waals surface area contributed by atoms with Crippen molar-refractivity contribution in [1.29, 1.82) is 0 Å². The van der Waals surface area contributed by atoms with Crippen molar-refractivity contribution in [3.8, 4) is 0 Å². The summed E-state index contributed by atoms with van der Waals surface area (Å²) in [6, 6.07) is -2.33. The molecule has 0 bridgehead atoms. The smallest absolute Gasteiger partial charge is 0.329 e. The lowest BCUT2D eigenvalue weighted by atomic mass is 9.96. The summed E-state index contributed by atoms with van der Waals surface area (Å²) in [5.74, 6) is -0.896. The second kappa shape index (κ2) is 11.6. The molecule has 1 aliphatic rings. The Hall–Kier alpha value is -1.97. The molecule has 0 radical (unpaired) electrons. The Balaban J connectivity index is 2.45. The van der Waals surface area contributed by atoms with Crippen LogP contribution in [0.15, 0.2) is 0 Å². The Morgan fingerprint density at radius 2 is 1.85 bits per heavy atom. The number of thioether (sulfide) groups is 1. The van der Waals surface area contributed by atoms with E-state index in [4.69, 9.17) is 10.5 Å². The van der Waals surface area contributed by atoms with Crippen LogP contribution in [0.4, 0.5) is 9.59 Å². The van der Waals surface area contributed by atoms with Crippen molar-refractivity contribution in [1.82, 2.24) is 16.0 Å². The van der Waals surface area contributed by atoms with Gasteiger partial charge in [-0.25, -0.2) is 14.4 Å². The molecule has 0 spiro atoms. The van der Waals surface area contributed by atoms with Crippen molar-refractivity contribution in [2.75, 3.05) is 12.0 Å². The van der Waals surface area contributed by atoms with E-state index in [0.717, 1.165) is 32.1 Å². The van der Waals surface area contributed by atoms with Gasteiger partial charge in [-0.15, -0.1) is 0 Å². The predicted octanol–water partition coefficient (Wildman–Crippen LogP) is 0.867. The molecule has 10 heteroatoms. The highest BCUT2D eigenvalue weighted by Crippen LogP contribution is 2.17. The van der Waals surface area contributed by atoms with Gasteiger partial charge in [0.05, 0.1) is 0 Å². The lowest BCUT2D eigenvalue weighted by Gasteiger charge is -2.23. The lowest BCUT2D eigenvalue weighted by molar-refractivity contribution is -0.156. The van der Waals surface area contributed by atoms with Crippen molar-refractivity contribution in [2.45, 2.75) is 63.6 Å². The number of hydrogen-bond acceptors (Lipinski definition) is 6. The number of hydrogen-bond donors (Lipinski definition) is 4. The highest BCUT2D eigenvalue weighted by Gasteiger charge is 2.27. The topological polar surface area (TPSA) is 140 Å². The molecule has 9 nitrogen and oxygen atoms in total. The zero-order valence-corrected chi connectivity index (χ0v) is 16.0. The first-order valence-corrected chi connectivity index (χ1v) is 10.1. The highest BCUT2D eigenvalue weighted by molar-refractivity contribution is 7.98. The van der Waals surface area contributed by atoms with Gasteiger partial charge in [0.2, 0.25) is 0 Å². The van der Waals surface area contributed by atoms with Crippen LogP contribution in [0.3, 0.4) is 0 Å². The zero-order chi connectivity index (χ0) is 19.5. The number of carbonyl (C=O) groups excluding carboxylic acids is 4. The molecule has 1 rings (SSSR count). The van der Waals surface area contributed by atoms with Gasteiger partial charge in [0.25, 0.3) is 5.91 Å². The number of rotatable bonds is 8. The van der Waals surface area contributed by atoms with E-state index in [0.29, 0.717) is 12.2 Å². The third-order valence-corrected chi connectivity index (χ3v) is 4.69. The van der Waals surface area contributed by atoms with Crippen LogP contribution in [0, 0.1) is 0 Å². The van der Waals surface area contributed by atoms with Crippen LogP contribution in [0.25, 0.3) is 0 Å². The maximum Gasteiger partial charge on any atom is 0.329 e. The van der Waals surface area contributed by atoms with Gasteiger partial charge in [-0.05, 0) is 38.2 Å². The first-order chi connectivity index (χ1) is 12.3. The summed E-state index contributed by atoms with van der Waals surface area (Å²) < 4.78 is 5.05. The Bertz CT molecular complexity index is 511. The van der Waals surface area contributed by atoms with Gasteiger partial charge in [-0.1, -0.05) is 19.3 Å². The summed E-state index contributed by atoms with van der Waals surface area (Å²) in [6.07, 6.45) is 6.04. The Kier molecular flexibility index (Phi) is 9.85. The van der Waals surface area contributed by atoms with Gasteiger partial charge in [0, 0.05) is 6.04 Å². The second-order valence-electron chi connectivity index (χ2n) is 6.22. The maximum absolute atomic E-state index is 12.1. The quantitative estimate of drug-likeness (QED) is 0.455. The van der Waals surface area contributed by atoms with Crippen molar-refractivity contribution >= 4 is 35.7 Å². The van der Waals surface area contributed by atoms with E-state index in [1.54, 1.807) is 0 Å². The van der Waals surface area contributed by atoms with Gasteiger partial charge < -0.3 is 21.1 Å². The molecule has 0 aromatic heterocycles. The molecule has 26 heavy (non-hydrogen) atoms. The first-order valence-electron chi connectivity index (χ1n) is 8.70. The molecular formula is C16H28N4O5S. The molecule has 1 aliphatic carbocycles. The van der Waals surface area contributed by atoms with E-state index in [1.165, 1.54) is 18.7 Å². The standard InChI is InChI=1S/C16H28N4O5S/c1-10(25-14(22)12(8-9-26-2)19-15(17)23)13(21)20-16(24)18-11-6-4-3-5-7-11/h10-12H,3-9H2,1-2H3,(H3,17,19,23)(H2,18,20,21,24)/t10-,12+/m1/s1. The third-order valence-electron chi connectivity index (χ3n) is 4.05. The summed E-state index contributed by atoms with van der Waals surface area (Å²) >= 11 is 1.49.